The molecule has 0 aliphatic rings. The van der Waals surface area contributed by atoms with E-state index in [2.05, 4.69) is 22.3 Å². The molecule has 2 aromatic rings. The molecule has 16 heavy (non-hydrogen) atoms. The maximum absolute atomic E-state index is 5.44. The van der Waals surface area contributed by atoms with Gasteiger partial charge in [-0.3, -0.25) is 0 Å². The second-order valence-electron chi connectivity index (χ2n) is 3.05. The van der Waals surface area contributed by atoms with E-state index in [0.29, 0.717) is 11.8 Å². The molecule has 0 N–H and O–H groups in total. The minimum Gasteiger partial charge on any atom is -0.424 e. The fourth-order valence-corrected chi connectivity index (χ4v) is 1.19. The Kier molecular flexibility index (Phi) is 3.12. The summed E-state index contributed by atoms with van der Waals surface area (Å²) in [5.74, 6) is 0.701. The third kappa shape index (κ3) is 2.56. The second-order valence-corrected chi connectivity index (χ2v) is 3.05. The average Bonchev–Trinajstić information content (AvgIpc) is 2.33. The lowest BCUT2D eigenvalue weighted by molar-refractivity contribution is 0.442. The summed E-state index contributed by atoms with van der Waals surface area (Å²) in [5.41, 5.74) is 3.74. The summed E-state index contributed by atoms with van der Waals surface area (Å²) in [6, 6.07) is 9.60. The van der Waals surface area contributed by atoms with E-state index in [1.807, 2.05) is 24.3 Å². The maximum atomic E-state index is 5.44. The highest BCUT2D eigenvalue weighted by molar-refractivity contribution is 5.49. The zero-order chi connectivity index (χ0) is 11.2. The van der Waals surface area contributed by atoms with Crippen LogP contribution in [0.4, 0.5) is 0 Å². The topological polar surface area (TPSA) is 35.0 Å². The zero-order valence-electron chi connectivity index (χ0n) is 8.63. The predicted octanol–water partition coefficient (Wildman–Crippen LogP) is 3.07. The van der Waals surface area contributed by atoms with E-state index in [-0.39, 0.29) is 0 Å². The summed E-state index contributed by atoms with van der Waals surface area (Å²) in [7, 11) is 0. The Morgan fingerprint density at radius 2 is 1.81 bits per heavy atom. The first-order chi connectivity index (χ1) is 7.88. The molecule has 78 valence electrons. The third-order valence-electron chi connectivity index (χ3n) is 1.90. The van der Waals surface area contributed by atoms with Crippen LogP contribution in [0.3, 0.4) is 0 Å². The van der Waals surface area contributed by atoms with Gasteiger partial charge in [-0.15, -0.1) is 5.73 Å². The van der Waals surface area contributed by atoms with Crippen LogP contribution in [-0.4, -0.2) is 9.97 Å². The van der Waals surface area contributed by atoms with Crippen LogP contribution in [0.25, 0.3) is 6.08 Å². The van der Waals surface area contributed by atoms with Crippen molar-refractivity contribution in [3.63, 3.8) is 0 Å². The number of hydrogen-bond acceptors (Lipinski definition) is 3. The molecule has 0 radical (unpaired) electrons. The first-order valence-corrected chi connectivity index (χ1v) is 4.79. The molecule has 3 nitrogen and oxygen atoms in total. The van der Waals surface area contributed by atoms with Crippen LogP contribution in [0, 0.1) is 0 Å². The van der Waals surface area contributed by atoms with Gasteiger partial charge in [0.25, 0.3) is 0 Å². The summed E-state index contributed by atoms with van der Waals surface area (Å²) >= 11 is 0. The molecule has 2 rings (SSSR count). The number of rotatable bonds is 3. The average molecular weight is 210 g/mol. The molecule has 3 heteroatoms. The van der Waals surface area contributed by atoms with E-state index in [9.17, 15) is 0 Å². The van der Waals surface area contributed by atoms with Gasteiger partial charge in [0, 0.05) is 12.4 Å². The van der Waals surface area contributed by atoms with Gasteiger partial charge in [-0.2, -0.15) is 0 Å². The Morgan fingerprint density at radius 3 is 2.44 bits per heavy atom. The van der Waals surface area contributed by atoms with Crippen molar-refractivity contribution in [3.8, 4) is 11.8 Å². The molecular weight excluding hydrogens is 200 g/mol. The quantitative estimate of drug-likeness (QED) is 0.730. The lowest BCUT2D eigenvalue weighted by Crippen LogP contribution is -1.89. The Bertz CT molecular complexity index is 499. The molecule has 0 aliphatic heterocycles. The standard InChI is InChI=1S/C13H10N2O/c1-2-4-11-5-7-12(8-6-11)16-13-14-9-3-10-15-13/h3-10H,1H2. The van der Waals surface area contributed by atoms with Crippen LogP contribution in [0.15, 0.2) is 55.0 Å². The largest absolute Gasteiger partial charge is 0.424 e. The van der Waals surface area contributed by atoms with E-state index < -0.39 is 0 Å². The van der Waals surface area contributed by atoms with Gasteiger partial charge < -0.3 is 4.74 Å². The van der Waals surface area contributed by atoms with E-state index in [1.165, 1.54) is 0 Å². The molecule has 0 aliphatic carbocycles. The van der Waals surface area contributed by atoms with Crippen LogP contribution in [-0.2, 0) is 0 Å². The van der Waals surface area contributed by atoms with Crippen LogP contribution in [0.5, 0.6) is 11.8 Å². The van der Waals surface area contributed by atoms with Crippen molar-refractivity contribution in [2.24, 2.45) is 0 Å². The lowest BCUT2D eigenvalue weighted by Gasteiger charge is -2.02. The van der Waals surface area contributed by atoms with Crippen molar-refractivity contribution in [2.45, 2.75) is 0 Å². The Hall–Kier alpha value is -2.38. The smallest absolute Gasteiger partial charge is 0.321 e. The van der Waals surface area contributed by atoms with Crippen LogP contribution >= 0.6 is 0 Å². The molecular formula is C13H10N2O. The minimum absolute atomic E-state index is 0.342. The lowest BCUT2D eigenvalue weighted by atomic mass is 10.2. The first kappa shape index (κ1) is 10.1. The minimum atomic E-state index is 0.342. The van der Waals surface area contributed by atoms with E-state index in [1.54, 1.807) is 24.5 Å². The SMILES string of the molecule is C=C=Cc1ccc(Oc2ncccn2)cc1. The summed E-state index contributed by atoms with van der Waals surface area (Å²) in [5, 5.41) is 0. The van der Waals surface area contributed by atoms with Crippen molar-refractivity contribution in [3.05, 3.63) is 60.6 Å². The molecule has 0 atom stereocenters. The fraction of sp³-hybridized carbons (Fsp3) is 0. The van der Waals surface area contributed by atoms with Crippen molar-refractivity contribution in [1.29, 1.82) is 0 Å². The van der Waals surface area contributed by atoms with Gasteiger partial charge in [0.2, 0.25) is 0 Å². The second kappa shape index (κ2) is 4.91. The number of ether oxygens (including phenoxy) is 1. The third-order valence-corrected chi connectivity index (χ3v) is 1.90. The van der Waals surface area contributed by atoms with Crippen molar-refractivity contribution >= 4 is 6.08 Å². The summed E-state index contributed by atoms with van der Waals surface area (Å²) in [4.78, 5) is 7.94. The summed E-state index contributed by atoms with van der Waals surface area (Å²) in [6.45, 7) is 3.51. The molecule has 0 fully saturated rings. The fourth-order valence-electron chi connectivity index (χ4n) is 1.19. The van der Waals surface area contributed by atoms with E-state index >= 15 is 0 Å². The highest BCUT2D eigenvalue weighted by Gasteiger charge is 1.97. The van der Waals surface area contributed by atoms with Gasteiger partial charge >= 0.3 is 6.01 Å². The molecule has 0 saturated carbocycles. The highest BCUT2D eigenvalue weighted by atomic mass is 16.5. The Morgan fingerprint density at radius 1 is 1.12 bits per heavy atom. The van der Waals surface area contributed by atoms with Gasteiger partial charge in [-0.05, 0) is 29.8 Å². The van der Waals surface area contributed by atoms with Gasteiger partial charge in [0.15, 0.2) is 0 Å². The molecule has 0 spiro atoms. The van der Waals surface area contributed by atoms with Crippen molar-refractivity contribution < 1.29 is 4.74 Å². The number of nitrogens with zero attached hydrogens (tertiary/aromatic N) is 2. The summed E-state index contributed by atoms with van der Waals surface area (Å²) in [6.07, 6.45) is 5.07. The van der Waals surface area contributed by atoms with Crippen LogP contribution in [0.2, 0.25) is 0 Å². The van der Waals surface area contributed by atoms with Gasteiger partial charge in [-0.1, -0.05) is 18.7 Å². The Labute approximate surface area is 93.8 Å². The van der Waals surface area contributed by atoms with Gasteiger partial charge in [0.05, 0.1) is 0 Å². The summed E-state index contributed by atoms with van der Waals surface area (Å²) < 4.78 is 5.44. The van der Waals surface area contributed by atoms with Crippen LogP contribution in [0.1, 0.15) is 5.56 Å². The molecule has 1 heterocycles. The predicted molar refractivity (Wildman–Crippen MR) is 62.2 cm³/mol. The maximum Gasteiger partial charge on any atom is 0.321 e. The normalized spacial score (nSPS) is 9.25. The Balaban J connectivity index is 2.14. The molecule has 0 amide bonds. The number of hydrogen-bond donors (Lipinski definition) is 0. The molecule has 1 aromatic heterocycles. The monoisotopic (exact) mass is 210 g/mol. The van der Waals surface area contributed by atoms with Crippen LogP contribution < -0.4 is 4.74 Å². The van der Waals surface area contributed by atoms with E-state index in [4.69, 9.17) is 4.74 Å². The van der Waals surface area contributed by atoms with Crippen molar-refractivity contribution in [2.75, 3.05) is 0 Å². The number of aromatic nitrogens is 2. The van der Waals surface area contributed by atoms with E-state index in [0.717, 1.165) is 5.56 Å². The number of benzene rings is 1. The molecule has 0 unspecified atom stereocenters. The first-order valence-electron chi connectivity index (χ1n) is 4.79. The zero-order valence-corrected chi connectivity index (χ0v) is 8.63. The molecule has 1 aromatic carbocycles. The van der Waals surface area contributed by atoms with Crippen molar-refractivity contribution in [1.82, 2.24) is 9.97 Å². The highest BCUT2D eigenvalue weighted by Crippen LogP contribution is 2.17. The van der Waals surface area contributed by atoms with Gasteiger partial charge in [-0.25, -0.2) is 9.97 Å². The molecule has 0 saturated heterocycles. The molecule has 0 bridgehead atoms. The van der Waals surface area contributed by atoms with Gasteiger partial charge in [0.1, 0.15) is 5.75 Å².